The van der Waals surface area contributed by atoms with Gasteiger partial charge in [0.05, 0.1) is 23.6 Å². The van der Waals surface area contributed by atoms with E-state index in [0.29, 0.717) is 0 Å². The van der Waals surface area contributed by atoms with E-state index in [0.717, 1.165) is 12.1 Å². The van der Waals surface area contributed by atoms with Crippen molar-refractivity contribution in [3.05, 3.63) is 34.4 Å². The number of carbonyl (C=O) groups is 1. The number of esters is 1. The lowest BCUT2D eigenvalue weighted by molar-refractivity contribution is -0.152. The molecule has 0 amide bonds. The van der Waals surface area contributed by atoms with Gasteiger partial charge in [0.2, 0.25) is 0 Å². The Labute approximate surface area is 121 Å². The number of methoxy groups -OCH3 is 1. The highest BCUT2D eigenvalue weighted by molar-refractivity contribution is 6.30. The maximum Gasteiger partial charge on any atom is 0.313 e. The lowest BCUT2D eigenvalue weighted by atomic mass is 9.80. The normalized spacial score (nSPS) is 12.6. The molecule has 3 nitrogen and oxygen atoms in total. The molecule has 0 aliphatic carbocycles. The van der Waals surface area contributed by atoms with Crippen LogP contribution in [0.15, 0.2) is 12.1 Å². The van der Waals surface area contributed by atoms with Gasteiger partial charge in [0, 0.05) is 5.56 Å². The summed E-state index contributed by atoms with van der Waals surface area (Å²) in [6.45, 7) is 2.90. The Morgan fingerprint density at radius 2 is 1.95 bits per heavy atom. The molecule has 1 atom stereocenters. The van der Waals surface area contributed by atoms with Gasteiger partial charge in [-0.15, -0.1) is 12.4 Å². The highest BCUT2D eigenvalue weighted by Crippen LogP contribution is 2.36. The summed E-state index contributed by atoms with van der Waals surface area (Å²) in [4.78, 5) is 11.6. The fraction of sp³-hybridized carbons (Fsp3) is 0.417. The quantitative estimate of drug-likeness (QED) is 0.688. The number of halogens is 4. The van der Waals surface area contributed by atoms with Gasteiger partial charge < -0.3 is 10.5 Å². The van der Waals surface area contributed by atoms with Crippen molar-refractivity contribution in [2.75, 3.05) is 7.11 Å². The van der Waals surface area contributed by atoms with E-state index in [-0.39, 0.29) is 17.4 Å². The standard InChI is InChI=1S/C12H14ClF2NO2.ClH/c1-12(2,11(17)18-3)10(16)8-7(14)5-4-6(13)9(8)15;/h4-5,10H,16H2,1-3H3;1H/t10-;/m0./s1. The van der Waals surface area contributed by atoms with E-state index in [2.05, 4.69) is 4.74 Å². The van der Waals surface area contributed by atoms with Crippen molar-refractivity contribution < 1.29 is 18.3 Å². The predicted molar refractivity (Wildman–Crippen MR) is 71.3 cm³/mol. The first-order valence-corrected chi connectivity index (χ1v) is 5.58. The minimum absolute atomic E-state index is 0. The topological polar surface area (TPSA) is 52.3 Å². The van der Waals surface area contributed by atoms with Crippen LogP contribution in [0, 0.1) is 17.0 Å². The van der Waals surface area contributed by atoms with E-state index in [9.17, 15) is 13.6 Å². The Bertz CT molecular complexity index is 481. The van der Waals surface area contributed by atoms with Gasteiger partial charge >= 0.3 is 5.97 Å². The molecular formula is C12H15Cl2F2NO2. The second-order valence-electron chi connectivity index (χ2n) is 4.45. The molecule has 108 valence electrons. The van der Waals surface area contributed by atoms with Crippen LogP contribution < -0.4 is 5.73 Å². The third kappa shape index (κ3) is 3.35. The lowest BCUT2D eigenvalue weighted by Crippen LogP contribution is -2.38. The zero-order valence-electron chi connectivity index (χ0n) is 10.7. The number of nitrogens with two attached hydrogens (primary N) is 1. The summed E-state index contributed by atoms with van der Waals surface area (Å²) < 4.78 is 32.0. The van der Waals surface area contributed by atoms with Crippen molar-refractivity contribution in [3.8, 4) is 0 Å². The molecule has 0 spiro atoms. The van der Waals surface area contributed by atoms with E-state index in [1.807, 2.05) is 0 Å². The molecular weight excluding hydrogens is 299 g/mol. The van der Waals surface area contributed by atoms with Gasteiger partial charge in [-0.2, -0.15) is 0 Å². The summed E-state index contributed by atoms with van der Waals surface area (Å²) in [7, 11) is 1.18. The number of hydrogen-bond donors (Lipinski definition) is 1. The molecule has 1 aromatic carbocycles. The van der Waals surface area contributed by atoms with Crippen LogP contribution in [0.2, 0.25) is 5.02 Å². The maximum absolute atomic E-state index is 13.8. The van der Waals surface area contributed by atoms with E-state index >= 15 is 0 Å². The zero-order chi connectivity index (χ0) is 14.1. The van der Waals surface area contributed by atoms with Crippen LogP contribution in [0.25, 0.3) is 0 Å². The van der Waals surface area contributed by atoms with E-state index in [1.165, 1.54) is 21.0 Å². The first-order valence-electron chi connectivity index (χ1n) is 5.20. The van der Waals surface area contributed by atoms with Crippen molar-refractivity contribution in [2.24, 2.45) is 11.1 Å². The van der Waals surface area contributed by atoms with Crippen LogP contribution >= 0.6 is 24.0 Å². The van der Waals surface area contributed by atoms with Crippen LogP contribution in [-0.4, -0.2) is 13.1 Å². The van der Waals surface area contributed by atoms with Crippen molar-refractivity contribution >= 4 is 30.0 Å². The average Bonchev–Trinajstić information content (AvgIpc) is 2.33. The first kappa shape index (κ1) is 18.1. The fourth-order valence-electron chi connectivity index (χ4n) is 1.58. The van der Waals surface area contributed by atoms with E-state index < -0.39 is 34.6 Å². The second kappa shape index (κ2) is 6.50. The molecule has 19 heavy (non-hydrogen) atoms. The third-order valence-corrected chi connectivity index (χ3v) is 3.17. The smallest absolute Gasteiger partial charge is 0.313 e. The average molecular weight is 314 g/mol. The Morgan fingerprint density at radius 3 is 2.42 bits per heavy atom. The molecule has 0 fully saturated rings. The van der Waals surface area contributed by atoms with Crippen molar-refractivity contribution in [1.29, 1.82) is 0 Å². The zero-order valence-corrected chi connectivity index (χ0v) is 12.2. The van der Waals surface area contributed by atoms with Crippen LogP contribution in [0.5, 0.6) is 0 Å². The molecule has 0 radical (unpaired) electrons. The number of hydrogen-bond acceptors (Lipinski definition) is 3. The molecule has 0 unspecified atom stereocenters. The molecule has 0 saturated heterocycles. The molecule has 7 heteroatoms. The minimum Gasteiger partial charge on any atom is -0.469 e. The van der Waals surface area contributed by atoms with Gasteiger partial charge in [0.1, 0.15) is 11.6 Å². The highest BCUT2D eigenvalue weighted by atomic mass is 35.5. The summed E-state index contributed by atoms with van der Waals surface area (Å²) >= 11 is 5.58. The van der Waals surface area contributed by atoms with Crippen molar-refractivity contribution in [3.63, 3.8) is 0 Å². The largest absolute Gasteiger partial charge is 0.469 e. The molecule has 0 aliphatic heterocycles. The molecule has 0 saturated carbocycles. The van der Waals surface area contributed by atoms with E-state index in [4.69, 9.17) is 17.3 Å². The first-order chi connectivity index (χ1) is 8.23. The van der Waals surface area contributed by atoms with Gasteiger partial charge in [-0.3, -0.25) is 4.79 Å². The number of carbonyl (C=O) groups excluding carboxylic acids is 1. The number of ether oxygens (including phenoxy) is 1. The Kier molecular flexibility index (Phi) is 6.19. The van der Waals surface area contributed by atoms with Crippen molar-refractivity contribution in [1.82, 2.24) is 0 Å². The lowest BCUT2D eigenvalue weighted by Gasteiger charge is -2.29. The highest BCUT2D eigenvalue weighted by Gasteiger charge is 2.39. The van der Waals surface area contributed by atoms with E-state index in [1.54, 1.807) is 0 Å². The number of rotatable bonds is 3. The maximum atomic E-state index is 13.8. The summed E-state index contributed by atoms with van der Waals surface area (Å²) in [6.07, 6.45) is 0. The van der Waals surface area contributed by atoms with Crippen LogP contribution in [0.4, 0.5) is 8.78 Å². The minimum atomic E-state index is -1.28. The van der Waals surface area contributed by atoms with Crippen molar-refractivity contribution in [2.45, 2.75) is 19.9 Å². The second-order valence-corrected chi connectivity index (χ2v) is 4.86. The fourth-order valence-corrected chi connectivity index (χ4v) is 1.74. The molecule has 0 aromatic heterocycles. The van der Waals surface area contributed by atoms with Gasteiger partial charge in [-0.1, -0.05) is 11.6 Å². The molecule has 1 aromatic rings. The monoisotopic (exact) mass is 313 g/mol. The Balaban J connectivity index is 0.00000324. The summed E-state index contributed by atoms with van der Waals surface area (Å²) in [5.74, 6) is -2.46. The Morgan fingerprint density at radius 1 is 1.42 bits per heavy atom. The molecule has 1 rings (SSSR count). The van der Waals surface area contributed by atoms with Gasteiger partial charge in [-0.25, -0.2) is 8.78 Å². The summed E-state index contributed by atoms with van der Waals surface area (Å²) in [5, 5.41) is -0.248. The van der Waals surface area contributed by atoms with Crippen LogP contribution in [0.1, 0.15) is 25.5 Å². The van der Waals surface area contributed by atoms with Gasteiger partial charge in [-0.05, 0) is 26.0 Å². The summed E-state index contributed by atoms with van der Waals surface area (Å²) in [6, 6.07) is 0.894. The molecule has 0 heterocycles. The predicted octanol–water partition coefficient (Wildman–Crippen LogP) is 3.24. The Hall–Kier alpha value is -0.910. The third-order valence-electron chi connectivity index (χ3n) is 2.88. The molecule has 0 aliphatic rings. The van der Waals surface area contributed by atoms with Gasteiger partial charge in [0.15, 0.2) is 0 Å². The SMILES string of the molecule is COC(=O)C(C)(C)[C@@H](N)c1c(F)ccc(Cl)c1F.Cl. The molecule has 0 bridgehead atoms. The van der Waals surface area contributed by atoms with Crippen LogP contribution in [0.3, 0.4) is 0 Å². The number of benzene rings is 1. The van der Waals surface area contributed by atoms with Gasteiger partial charge in [0.25, 0.3) is 0 Å². The van der Waals surface area contributed by atoms with Crippen LogP contribution in [-0.2, 0) is 9.53 Å². The molecule has 2 N–H and O–H groups in total. The summed E-state index contributed by atoms with van der Waals surface area (Å²) in [5.41, 5.74) is 4.09.